The van der Waals surface area contributed by atoms with Crippen LogP contribution in [0.15, 0.2) is 35.3 Å². The van der Waals surface area contributed by atoms with Gasteiger partial charge in [-0.3, -0.25) is 9.79 Å². The van der Waals surface area contributed by atoms with E-state index in [1.165, 1.54) is 31.5 Å². The van der Waals surface area contributed by atoms with E-state index < -0.39 is 0 Å². The number of guanidine groups is 1. The second-order valence-corrected chi connectivity index (χ2v) is 8.65. The Morgan fingerprint density at radius 3 is 2.68 bits per heavy atom. The second-order valence-electron chi connectivity index (χ2n) is 8.65. The first-order chi connectivity index (χ1) is 14.7. The molecular formula is C24H40IN5O. The number of rotatable bonds is 9. The van der Waals surface area contributed by atoms with Crippen LogP contribution in [0.2, 0.25) is 0 Å². The monoisotopic (exact) mass is 541 g/mol. The Balaban J connectivity index is 0.00000341. The molecule has 2 aliphatic rings. The van der Waals surface area contributed by atoms with Crippen LogP contribution in [0.25, 0.3) is 0 Å². The van der Waals surface area contributed by atoms with E-state index in [0.717, 1.165) is 45.1 Å². The van der Waals surface area contributed by atoms with Crippen LogP contribution in [-0.2, 0) is 11.2 Å². The minimum absolute atomic E-state index is 0. The molecule has 2 saturated heterocycles. The van der Waals surface area contributed by atoms with Gasteiger partial charge in [0.2, 0.25) is 5.91 Å². The van der Waals surface area contributed by atoms with Gasteiger partial charge in [-0.1, -0.05) is 37.3 Å². The van der Waals surface area contributed by atoms with E-state index in [-0.39, 0.29) is 29.9 Å². The third-order valence-electron chi connectivity index (χ3n) is 6.27. The lowest BCUT2D eigenvalue weighted by Gasteiger charge is -2.32. The fraction of sp³-hybridized carbons (Fsp3) is 0.667. The molecule has 2 N–H and O–H groups in total. The molecule has 6 nitrogen and oxygen atoms in total. The number of nitrogens with one attached hydrogen (secondary N) is 2. The Labute approximate surface area is 205 Å². The van der Waals surface area contributed by atoms with Crippen molar-refractivity contribution in [2.75, 3.05) is 52.4 Å². The third kappa shape index (κ3) is 8.60. The van der Waals surface area contributed by atoms with Crippen LogP contribution >= 0.6 is 24.0 Å². The molecule has 1 amide bonds. The van der Waals surface area contributed by atoms with Crippen molar-refractivity contribution < 1.29 is 4.79 Å². The van der Waals surface area contributed by atoms with Gasteiger partial charge < -0.3 is 20.4 Å². The summed E-state index contributed by atoms with van der Waals surface area (Å²) < 4.78 is 0. The SMILES string of the molecule is CCNC(=NCC1CC(=O)N(CCc2ccccc2)C1)NCC1CCCN(CC)C1.I. The van der Waals surface area contributed by atoms with Crippen molar-refractivity contribution in [3.05, 3.63) is 35.9 Å². The molecular weight excluding hydrogens is 501 g/mol. The maximum absolute atomic E-state index is 12.4. The number of piperidine rings is 1. The Bertz CT molecular complexity index is 684. The van der Waals surface area contributed by atoms with Gasteiger partial charge in [0, 0.05) is 51.6 Å². The minimum Gasteiger partial charge on any atom is -0.357 e. The molecule has 3 rings (SSSR count). The van der Waals surface area contributed by atoms with Gasteiger partial charge in [0.25, 0.3) is 0 Å². The summed E-state index contributed by atoms with van der Waals surface area (Å²) in [6, 6.07) is 10.4. The summed E-state index contributed by atoms with van der Waals surface area (Å²) in [5.41, 5.74) is 1.29. The van der Waals surface area contributed by atoms with Crippen LogP contribution in [0.3, 0.4) is 0 Å². The number of aliphatic imine (C=N–C) groups is 1. The summed E-state index contributed by atoms with van der Waals surface area (Å²) in [5, 5.41) is 6.91. The lowest BCUT2D eigenvalue weighted by atomic mass is 9.98. The molecule has 2 atom stereocenters. The first-order valence-corrected chi connectivity index (χ1v) is 11.7. The van der Waals surface area contributed by atoms with E-state index in [9.17, 15) is 4.79 Å². The quantitative estimate of drug-likeness (QED) is 0.287. The van der Waals surface area contributed by atoms with Gasteiger partial charge in [-0.15, -0.1) is 24.0 Å². The number of carbonyl (C=O) groups is 1. The molecule has 2 heterocycles. The van der Waals surface area contributed by atoms with Crippen LogP contribution in [0.5, 0.6) is 0 Å². The molecule has 2 aliphatic heterocycles. The molecule has 1 aromatic rings. The number of amides is 1. The smallest absolute Gasteiger partial charge is 0.223 e. The highest BCUT2D eigenvalue weighted by molar-refractivity contribution is 14.0. The maximum atomic E-state index is 12.4. The molecule has 174 valence electrons. The lowest BCUT2D eigenvalue weighted by Crippen LogP contribution is -2.44. The Kier molecular flexibility index (Phi) is 11.6. The highest BCUT2D eigenvalue weighted by Gasteiger charge is 2.29. The van der Waals surface area contributed by atoms with E-state index in [0.29, 0.717) is 24.8 Å². The average molecular weight is 542 g/mol. The molecule has 0 spiro atoms. The van der Waals surface area contributed by atoms with Crippen LogP contribution in [-0.4, -0.2) is 74.0 Å². The molecule has 0 aromatic heterocycles. The highest BCUT2D eigenvalue weighted by Crippen LogP contribution is 2.19. The molecule has 2 unspecified atom stereocenters. The van der Waals surface area contributed by atoms with Crippen molar-refractivity contribution in [3.8, 4) is 0 Å². The average Bonchev–Trinajstić information content (AvgIpc) is 3.14. The third-order valence-corrected chi connectivity index (χ3v) is 6.27. The van der Waals surface area contributed by atoms with Crippen molar-refractivity contribution in [2.45, 2.75) is 39.5 Å². The zero-order valence-electron chi connectivity index (χ0n) is 19.2. The van der Waals surface area contributed by atoms with E-state index in [4.69, 9.17) is 4.99 Å². The fourth-order valence-corrected chi connectivity index (χ4v) is 4.51. The van der Waals surface area contributed by atoms with Gasteiger partial charge in [0.15, 0.2) is 5.96 Å². The van der Waals surface area contributed by atoms with E-state index in [2.05, 4.69) is 53.6 Å². The summed E-state index contributed by atoms with van der Waals surface area (Å²) in [4.78, 5) is 21.8. The van der Waals surface area contributed by atoms with Crippen LogP contribution in [0.4, 0.5) is 0 Å². The van der Waals surface area contributed by atoms with Gasteiger partial charge in [-0.05, 0) is 50.8 Å². The topological polar surface area (TPSA) is 60.0 Å². The van der Waals surface area contributed by atoms with Gasteiger partial charge in [0.05, 0.1) is 0 Å². The van der Waals surface area contributed by atoms with Crippen LogP contribution in [0, 0.1) is 11.8 Å². The lowest BCUT2D eigenvalue weighted by molar-refractivity contribution is -0.127. The number of carbonyl (C=O) groups excluding carboxylic acids is 1. The summed E-state index contributed by atoms with van der Waals surface area (Å²) in [6.07, 6.45) is 4.11. The van der Waals surface area contributed by atoms with Crippen molar-refractivity contribution in [2.24, 2.45) is 16.8 Å². The first-order valence-electron chi connectivity index (χ1n) is 11.7. The van der Waals surface area contributed by atoms with Crippen molar-refractivity contribution in [3.63, 3.8) is 0 Å². The number of benzene rings is 1. The highest BCUT2D eigenvalue weighted by atomic mass is 127. The van der Waals surface area contributed by atoms with Gasteiger partial charge in [-0.2, -0.15) is 0 Å². The maximum Gasteiger partial charge on any atom is 0.223 e. The van der Waals surface area contributed by atoms with Gasteiger partial charge in [-0.25, -0.2) is 0 Å². The predicted octanol–water partition coefficient (Wildman–Crippen LogP) is 2.98. The number of hydrogen-bond acceptors (Lipinski definition) is 3. The number of hydrogen-bond donors (Lipinski definition) is 2. The molecule has 0 saturated carbocycles. The second kappa shape index (κ2) is 13.9. The Morgan fingerprint density at radius 2 is 1.94 bits per heavy atom. The van der Waals surface area contributed by atoms with E-state index in [1.54, 1.807) is 0 Å². The Morgan fingerprint density at radius 1 is 1.13 bits per heavy atom. The van der Waals surface area contributed by atoms with E-state index in [1.807, 2.05) is 11.0 Å². The molecule has 0 aliphatic carbocycles. The first kappa shape index (κ1) is 25.9. The number of halogens is 1. The molecule has 31 heavy (non-hydrogen) atoms. The zero-order valence-corrected chi connectivity index (χ0v) is 21.5. The summed E-state index contributed by atoms with van der Waals surface area (Å²) in [6.45, 7) is 12.0. The number of nitrogens with zero attached hydrogens (tertiary/aromatic N) is 3. The summed E-state index contributed by atoms with van der Waals surface area (Å²) >= 11 is 0. The van der Waals surface area contributed by atoms with Crippen LogP contribution < -0.4 is 10.6 Å². The molecule has 0 bridgehead atoms. The Hall–Kier alpha value is -1.35. The van der Waals surface area contributed by atoms with Crippen LogP contribution in [0.1, 0.15) is 38.7 Å². The largest absolute Gasteiger partial charge is 0.357 e. The van der Waals surface area contributed by atoms with Crippen molar-refractivity contribution in [1.29, 1.82) is 0 Å². The fourth-order valence-electron chi connectivity index (χ4n) is 4.51. The normalized spacial score (nSPS) is 22.3. The molecule has 2 fully saturated rings. The zero-order chi connectivity index (χ0) is 21.2. The van der Waals surface area contributed by atoms with Gasteiger partial charge >= 0.3 is 0 Å². The van der Waals surface area contributed by atoms with Gasteiger partial charge in [0.1, 0.15) is 0 Å². The predicted molar refractivity (Wildman–Crippen MR) is 139 cm³/mol. The summed E-state index contributed by atoms with van der Waals surface area (Å²) in [7, 11) is 0. The van der Waals surface area contributed by atoms with Crippen molar-refractivity contribution in [1.82, 2.24) is 20.4 Å². The van der Waals surface area contributed by atoms with E-state index >= 15 is 0 Å². The molecule has 7 heteroatoms. The molecule has 1 aromatic carbocycles. The standard InChI is InChI=1S/C24H39N5O.HI/c1-3-25-24(26-16-21-11-8-13-28(4-2)18-21)27-17-22-15-23(30)29(19-22)14-12-20-9-6-5-7-10-20;/h5-7,9-10,21-22H,3-4,8,11-19H2,1-2H3,(H2,25,26,27);1H. The molecule has 0 radical (unpaired) electrons. The summed E-state index contributed by atoms with van der Waals surface area (Å²) in [5.74, 6) is 2.16. The van der Waals surface area contributed by atoms with Crippen molar-refractivity contribution >= 4 is 35.8 Å². The number of likely N-dealkylation sites (tertiary alicyclic amines) is 2. The minimum atomic E-state index is 0.